The molecule has 0 saturated carbocycles. The van der Waals surface area contributed by atoms with Gasteiger partial charge >= 0.3 is 0 Å². The van der Waals surface area contributed by atoms with E-state index in [-0.39, 0.29) is 17.7 Å². The molecule has 7 heteroatoms. The third kappa shape index (κ3) is 4.39. The Morgan fingerprint density at radius 1 is 1.04 bits per heavy atom. The molecule has 0 unspecified atom stereocenters. The zero-order valence-corrected chi connectivity index (χ0v) is 13.1. The van der Waals surface area contributed by atoms with Gasteiger partial charge in [-0.3, -0.25) is 30.6 Å². The topological polar surface area (TPSA) is 101 Å². The van der Waals surface area contributed by atoms with Crippen molar-refractivity contribution in [3.63, 3.8) is 0 Å². The van der Waals surface area contributed by atoms with Gasteiger partial charge in [0, 0.05) is 17.2 Å². The quantitative estimate of drug-likeness (QED) is 0.649. The molecule has 0 saturated heterocycles. The third-order valence-corrected chi connectivity index (χ3v) is 3.48. The molecule has 2 aromatic rings. The number of amides is 2. The highest BCUT2D eigenvalue weighted by molar-refractivity contribution is 5.95. The summed E-state index contributed by atoms with van der Waals surface area (Å²) in [6.07, 6.45) is 0.667. The Morgan fingerprint density at radius 3 is 2.33 bits per heavy atom. The minimum absolute atomic E-state index is 0.130. The van der Waals surface area contributed by atoms with Gasteiger partial charge in [-0.2, -0.15) is 0 Å². The standard InChI is InChI=1S/C17H17N3O4/c1-2-12-7-9-13(10-8-12)17(22)19-18-16(21)11-14-5-3-4-6-15(14)20(23)24/h3-10H,2,11H2,1H3,(H,18,21)(H,19,22). The van der Waals surface area contributed by atoms with Crippen LogP contribution in [0, 0.1) is 10.1 Å². The molecule has 0 aromatic heterocycles. The summed E-state index contributed by atoms with van der Waals surface area (Å²) in [5.74, 6) is -0.989. The van der Waals surface area contributed by atoms with Crippen molar-refractivity contribution >= 4 is 17.5 Å². The van der Waals surface area contributed by atoms with Gasteiger partial charge in [0.15, 0.2) is 0 Å². The Morgan fingerprint density at radius 2 is 1.71 bits per heavy atom. The lowest BCUT2D eigenvalue weighted by molar-refractivity contribution is -0.385. The Hall–Kier alpha value is -3.22. The van der Waals surface area contributed by atoms with Crippen molar-refractivity contribution in [3.05, 3.63) is 75.3 Å². The molecule has 2 rings (SSSR count). The van der Waals surface area contributed by atoms with Crippen LogP contribution in [-0.2, 0) is 17.6 Å². The van der Waals surface area contributed by atoms with Crippen LogP contribution in [0.3, 0.4) is 0 Å². The molecule has 2 aromatic carbocycles. The second-order valence-electron chi connectivity index (χ2n) is 5.12. The van der Waals surface area contributed by atoms with Gasteiger partial charge in [0.25, 0.3) is 11.6 Å². The van der Waals surface area contributed by atoms with Gasteiger partial charge in [-0.25, -0.2) is 0 Å². The largest absolute Gasteiger partial charge is 0.273 e. The van der Waals surface area contributed by atoms with E-state index in [9.17, 15) is 19.7 Å². The molecular weight excluding hydrogens is 310 g/mol. The number of nitrogens with zero attached hydrogens (tertiary/aromatic N) is 1. The molecule has 124 valence electrons. The van der Waals surface area contributed by atoms with E-state index in [1.165, 1.54) is 18.2 Å². The fourth-order valence-electron chi connectivity index (χ4n) is 2.15. The molecule has 0 atom stereocenters. The highest BCUT2D eigenvalue weighted by atomic mass is 16.6. The number of hydrogen-bond acceptors (Lipinski definition) is 4. The van der Waals surface area contributed by atoms with E-state index in [1.807, 2.05) is 19.1 Å². The first-order valence-electron chi connectivity index (χ1n) is 7.41. The molecule has 0 aliphatic carbocycles. The molecule has 0 aliphatic heterocycles. The van der Waals surface area contributed by atoms with Crippen LogP contribution in [0.2, 0.25) is 0 Å². The lowest BCUT2D eigenvalue weighted by Crippen LogP contribution is -2.42. The van der Waals surface area contributed by atoms with Crippen LogP contribution in [0.4, 0.5) is 5.69 Å². The van der Waals surface area contributed by atoms with Crippen LogP contribution in [0.15, 0.2) is 48.5 Å². The molecule has 0 fully saturated rings. The number of rotatable bonds is 5. The third-order valence-electron chi connectivity index (χ3n) is 3.48. The first-order chi connectivity index (χ1) is 11.5. The summed E-state index contributed by atoms with van der Waals surface area (Å²) in [4.78, 5) is 34.2. The van der Waals surface area contributed by atoms with E-state index in [2.05, 4.69) is 10.9 Å². The number of nitro groups is 1. The summed E-state index contributed by atoms with van der Waals surface area (Å²) >= 11 is 0. The van der Waals surface area contributed by atoms with Crippen LogP contribution in [0.1, 0.15) is 28.4 Å². The van der Waals surface area contributed by atoms with Crippen LogP contribution in [-0.4, -0.2) is 16.7 Å². The van der Waals surface area contributed by atoms with Gasteiger partial charge in [-0.1, -0.05) is 37.3 Å². The molecule has 24 heavy (non-hydrogen) atoms. The second-order valence-corrected chi connectivity index (χ2v) is 5.12. The van der Waals surface area contributed by atoms with Crippen molar-refractivity contribution in [1.29, 1.82) is 0 Å². The summed E-state index contributed by atoms with van der Waals surface area (Å²) in [6, 6.07) is 13.0. The normalized spacial score (nSPS) is 10.0. The number of nitro benzene ring substituents is 1. The minimum Gasteiger partial charge on any atom is -0.273 e. The molecule has 0 bridgehead atoms. The Balaban J connectivity index is 1.93. The van der Waals surface area contributed by atoms with Crippen molar-refractivity contribution in [2.24, 2.45) is 0 Å². The molecule has 0 radical (unpaired) electrons. The van der Waals surface area contributed by atoms with Gasteiger partial charge in [-0.05, 0) is 24.1 Å². The lowest BCUT2D eigenvalue weighted by Gasteiger charge is -2.08. The average molecular weight is 327 g/mol. The van der Waals surface area contributed by atoms with Crippen molar-refractivity contribution < 1.29 is 14.5 Å². The maximum Gasteiger partial charge on any atom is 0.273 e. The number of benzene rings is 2. The summed E-state index contributed by atoms with van der Waals surface area (Å²) in [5.41, 5.74) is 6.23. The minimum atomic E-state index is -0.545. The van der Waals surface area contributed by atoms with Crippen molar-refractivity contribution in [2.45, 2.75) is 19.8 Å². The van der Waals surface area contributed by atoms with E-state index < -0.39 is 16.7 Å². The Bertz CT molecular complexity index is 757. The van der Waals surface area contributed by atoms with E-state index in [1.54, 1.807) is 18.2 Å². The van der Waals surface area contributed by atoms with E-state index in [0.29, 0.717) is 5.56 Å². The Labute approximate surface area is 138 Å². The first-order valence-corrected chi connectivity index (χ1v) is 7.41. The van der Waals surface area contributed by atoms with Crippen LogP contribution in [0.5, 0.6) is 0 Å². The number of hydrazine groups is 1. The molecule has 0 heterocycles. The number of carbonyl (C=O) groups excluding carboxylic acids is 2. The zero-order chi connectivity index (χ0) is 17.5. The van der Waals surface area contributed by atoms with Crippen LogP contribution < -0.4 is 10.9 Å². The number of carbonyl (C=O) groups is 2. The fourth-order valence-corrected chi connectivity index (χ4v) is 2.15. The lowest BCUT2D eigenvalue weighted by atomic mass is 10.1. The SMILES string of the molecule is CCc1ccc(C(=O)NNC(=O)Cc2ccccc2[N+](=O)[O-])cc1. The van der Waals surface area contributed by atoms with Crippen molar-refractivity contribution in [3.8, 4) is 0 Å². The molecule has 0 spiro atoms. The smallest absolute Gasteiger partial charge is 0.273 e. The van der Waals surface area contributed by atoms with Gasteiger partial charge in [0.1, 0.15) is 0 Å². The maximum atomic E-state index is 11.9. The maximum absolute atomic E-state index is 11.9. The summed E-state index contributed by atoms with van der Waals surface area (Å²) in [7, 11) is 0. The molecule has 2 amide bonds. The van der Waals surface area contributed by atoms with Crippen molar-refractivity contribution in [1.82, 2.24) is 10.9 Å². The van der Waals surface area contributed by atoms with Crippen LogP contribution >= 0.6 is 0 Å². The number of aryl methyl sites for hydroxylation is 1. The van der Waals surface area contributed by atoms with Gasteiger partial charge in [0.05, 0.1) is 11.3 Å². The van der Waals surface area contributed by atoms with E-state index >= 15 is 0 Å². The highest BCUT2D eigenvalue weighted by Gasteiger charge is 2.16. The summed E-state index contributed by atoms with van der Waals surface area (Å²) in [6.45, 7) is 2.01. The highest BCUT2D eigenvalue weighted by Crippen LogP contribution is 2.17. The first kappa shape index (κ1) is 17.1. The second kappa shape index (κ2) is 7.87. The average Bonchev–Trinajstić information content (AvgIpc) is 2.60. The van der Waals surface area contributed by atoms with Gasteiger partial charge in [0.2, 0.25) is 5.91 Å². The molecular formula is C17H17N3O4. The number of para-hydroxylation sites is 1. The predicted octanol–water partition coefficient (Wildman–Crippen LogP) is 2.16. The zero-order valence-electron chi connectivity index (χ0n) is 13.1. The van der Waals surface area contributed by atoms with E-state index in [4.69, 9.17) is 0 Å². The molecule has 0 aliphatic rings. The molecule has 7 nitrogen and oxygen atoms in total. The monoisotopic (exact) mass is 327 g/mol. The summed E-state index contributed by atoms with van der Waals surface area (Å²) in [5, 5.41) is 10.9. The van der Waals surface area contributed by atoms with Gasteiger partial charge < -0.3 is 0 Å². The van der Waals surface area contributed by atoms with E-state index in [0.717, 1.165) is 12.0 Å². The molecule has 2 N–H and O–H groups in total. The number of hydrogen-bond donors (Lipinski definition) is 2. The predicted molar refractivity (Wildman–Crippen MR) is 88.2 cm³/mol. The fraction of sp³-hybridized carbons (Fsp3) is 0.176. The summed E-state index contributed by atoms with van der Waals surface area (Å²) < 4.78 is 0. The van der Waals surface area contributed by atoms with Crippen molar-refractivity contribution in [2.75, 3.05) is 0 Å². The number of nitrogens with one attached hydrogen (secondary N) is 2. The van der Waals surface area contributed by atoms with Gasteiger partial charge in [-0.15, -0.1) is 0 Å². The van der Waals surface area contributed by atoms with Crippen LogP contribution in [0.25, 0.3) is 0 Å². The Kier molecular flexibility index (Phi) is 5.62.